The minimum Gasteiger partial charge on any atom is -0.467 e. The van der Waals surface area contributed by atoms with E-state index < -0.39 is 6.04 Å². The van der Waals surface area contributed by atoms with E-state index in [1.807, 2.05) is 0 Å². The molecule has 5 nitrogen and oxygen atoms in total. The van der Waals surface area contributed by atoms with Crippen LogP contribution in [0.15, 0.2) is 28.5 Å². The van der Waals surface area contributed by atoms with E-state index in [1.165, 1.54) is 12.1 Å². The monoisotopic (exact) mass is 203 g/mol. The van der Waals surface area contributed by atoms with Gasteiger partial charge in [-0.25, -0.2) is 9.80 Å². The molecule has 0 saturated heterocycles. The molecule has 1 atom stereocenters. The third-order valence-electron chi connectivity index (χ3n) is 2.39. The van der Waals surface area contributed by atoms with Crippen molar-refractivity contribution in [2.75, 3.05) is 7.11 Å². The first-order chi connectivity index (χ1) is 7.27. The van der Waals surface area contributed by atoms with E-state index in [-0.39, 0.29) is 5.97 Å². The lowest BCUT2D eigenvalue weighted by molar-refractivity contribution is -0.145. The van der Waals surface area contributed by atoms with E-state index in [1.54, 1.807) is 18.4 Å². The molecule has 0 aromatic rings. The van der Waals surface area contributed by atoms with Crippen molar-refractivity contribution < 1.29 is 9.53 Å². The largest absolute Gasteiger partial charge is 0.467 e. The lowest BCUT2D eigenvalue weighted by atomic mass is 10.1. The highest BCUT2D eigenvalue weighted by Gasteiger charge is 2.37. The van der Waals surface area contributed by atoms with Crippen LogP contribution in [0.3, 0.4) is 0 Å². The maximum absolute atomic E-state index is 11.4. The zero-order valence-electron chi connectivity index (χ0n) is 8.17. The molecule has 0 amide bonds. The lowest BCUT2D eigenvalue weighted by Gasteiger charge is -2.22. The van der Waals surface area contributed by atoms with E-state index in [0.717, 1.165) is 0 Å². The van der Waals surface area contributed by atoms with Gasteiger partial charge in [-0.2, -0.15) is 10.4 Å². The van der Waals surface area contributed by atoms with Crippen molar-refractivity contribution in [1.82, 2.24) is 5.01 Å². The number of hydrazone groups is 1. The minimum atomic E-state index is -0.499. The Morgan fingerprint density at radius 2 is 2.60 bits per heavy atom. The molecular formula is C10H9N3O2. The number of fused-ring (bicyclic) bond motifs is 1. The summed E-state index contributed by atoms with van der Waals surface area (Å²) in [5.74, 6) is -0.370. The van der Waals surface area contributed by atoms with Gasteiger partial charge in [-0.15, -0.1) is 0 Å². The van der Waals surface area contributed by atoms with Crippen LogP contribution in [-0.4, -0.2) is 30.3 Å². The van der Waals surface area contributed by atoms with Gasteiger partial charge in [0.05, 0.1) is 24.4 Å². The van der Waals surface area contributed by atoms with Gasteiger partial charge < -0.3 is 4.74 Å². The van der Waals surface area contributed by atoms with Crippen LogP contribution >= 0.6 is 0 Å². The highest BCUT2D eigenvalue weighted by atomic mass is 16.5. The smallest absolute Gasteiger partial charge is 0.331 e. The van der Waals surface area contributed by atoms with E-state index >= 15 is 0 Å². The van der Waals surface area contributed by atoms with E-state index in [0.29, 0.717) is 17.7 Å². The number of nitrogens with zero attached hydrogens (tertiary/aromatic N) is 3. The van der Waals surface area contributed by atoms with Crippen LogP contribution < -0.4 is 0 Å². The molecule has 2 heterocycles. The summed E-state index contributed by atoms with van der Waals surface area (Å²) in [7, 11) is 1.33. The molecule has 0 saturated carbocycles. The summed E-state index contributed by atoms with van der Waals surface area (Å²) in [5, 5.41) is 14.5. The summed E-state index contributed by atoms with van der Waals surface area (Å²) in [5.41, 5.74) is 1.26. The van der Waals surface area contributed by atoms with Crippen LogP contribution in [0.25, 0.3) is 0 Å². The summed E-state index contributed by atoms with van der Waals surface area (Å²) >= 11 is 0. The Labute approximate surface area is 86.9 Å². The van der Waals surface area contributed by atoms with Gasteiger partial charge >= 0.3 is 5.97 Å². The van der Waals surface area contributed by atoms with Crippen LogP contribution in [-0.2, 0) is 9.53 Å². The number of nitriles is 1. The van der Waals surface area contributed by atoms with Crippen LogP contribution in [0.2, 0.25) is 0 Å². The van der Waals surface area contributed by atoms with Gasteiger partial charge in [-0.1, -0.05) is 0 Å². The van der Waals surface area contributed by atoms with Crippen molar-refractivity contribution in [3.63, 3.8) is 0 Å². The van der Waals surface area contributed by atoms with Gasteiger partial charge in [-0.05, 0) is 12.2 Å². The van der Waals surface area contributed by atoms with Crippen LogP contribution in [0, 0.1) is 11.3 Å². The second-order valence-corrected chi connectivity index (χ2v) is 3.19. The number of hydrogen-bond acceptors (Lipinski definition) is 5. The van der Waals surface area contributed by atoms with Crippen LogP contribution in [0.4, 0.5) is 0 Å². The molecule has 0 spiro atoms. The maximum Gasteiger partial charge on any atom is 0.331 e. The quantitative estimate of drug-likeness (QED) is 0.584. The molecule has 0 bridgehead atoms. The van der Waals surface area contributed by atoms with E-state index in [2.05, 4.69) is 15.9 Å². The van der Waals surface area contributed by atoms with Gasteiger partial charge in [0.25, 0.3) is 0 Å². The van der Waals surface area contributed by atoms with Crippen molar-refractivity contribution in [2.45, 2.75) is 12.5 Å². The Morgan fingerprint density at radius 1 is 1.80 bits per heavy atom. The first-order valence-corrected chi connectivity index (χ1v) is 4.49. The van der Waals surface area contributed by atoms with E-state index in [9.17, 15) is 4.79 Å². The van der Waals surface area contributed by atoms with E-state index in [4.69, 9.17) is 5.26 Å². The number of ether oxygens (including phenoxy) is 1. The molecule has 0 N–H and O–H groups in total. The summed E-state index contributed by atoms with van der Waals surface area (Å²) < 4.78 is 4.66. The fraction of sp³-hybridized carbons (Fsp3) is 0.300. The number of methoxy groups -OCH3 is 1. The Morgan fingerprint density at radius 3 is 3.27 bits per heavy atom. The molecule has 76 valence electrons. The second-order valence-electron chi connectivity index (χ2n) is 3.19. The van der Waals surface area contributed by atoms with Crippen molar-refractivity contribution >= 4 is 12.2 Å². The predicted octanol–water partition coefficient (Wildman–Crippen LogP) is 0.567. The van der Waals surface area contributed by atoms with Crippen molar-refractivity contribution in [3.8, 4) is 6.07 Å². The predicted molar refractivity (Wildman–Crippen MR) is 52.5 cm³/mol. The topological polar surface area (TPSA) is 65.7 Å². The number of esters is 1. The zero-order valence-corrected chi connectivity index (χ0v) is 8.17. The molecule has 15 heavy (non-hydrogen) atoms. The lowest BCUT2D eigenvalue weighted by Crippen LogP contribution is -2.34. The molecular weight excluding hydrogens is 194 g/mol. The van der Waals surface area contributed by atoms with Crippen molar-refractivity contribution in [2.24, 2.45) is 5.10 Å². The van der Waals surface area contributed by atoms with Crippen molar-refractivity contribution in [3.05, 3.63) is 23.4 Å². The zero-order chi connectivity index (χ0) is 10.8. The molecule has 2 aliphatic heterocycles. The van der Waals surface area contributed by atoms with Gasteiger partial charge in [0.1, 0.15) is 0 Å². The molecule has 0 fully saturated rings. The molecule has 2 aliphatic rings. The minimum absolute atomic E-state index is 0.361. The fourth-order valence-corrected chi connectivity index (χ4v) is 1.68. The highest BCUT2D eigenvalue weighted by Crippen LogP contribution is 2.31. The third-order valence-corrected chi connectivity index (χ3v) is 2.39. The Kier molecular flexibility index (Phi) is 2.26. The number of rotatable bonds is 1. The number of hydrogen-bond donors (Lipinski definition) is 0. The molecule has 5 heteroatoms. The molecule has 0 aromatic heterocycles. The number of carbonyl (C=O) groups is 1. The number of allylic oxidation sites excluding steroid dienone is 2. The van der Waals surface area contributed by atoms with Gasteiger partial charge in [-0.3, -0.25) is 0 Å². The average molecular weight is 203 g/mol. The summed E-state index contributed by atoms with van der Waals surface area (Å²) in [6.07, 6.45) is 5.46. The van der Waals surface area contributed by atoms with Crippen LogP contribution in [0.1, 0.15) is 6.42 Å². The third kappa shape index (κ3) is 1.40. The highest BCUT2D eigenvalue weighted by molar-refractivity contribution is 5.80. The van der Waals surface area contributed by atoms with Crippen LogP contribution in [0.5, 0.6) is 0 Å². The second kappa shape index (κ2) is 3.58. The summed E-state index contributed by atoms with van der Waals surface area (Å²) in [6.45, 7) is 0. The normalized spacial score (nSPS) is 22.7. The molecule has 1 unspecified atom stereocenters. The first kappa shape index (κ1) is 9.46. The number of carbonyl (C=O) groups excluding carboxylic acids is 1. The molecule has 0 aliphatic carbocycles. The molecule has 2 rings (SSSR count). The Hall–Kier alpha value is -2.09. The molecule has 0 radical (unpaired) electrons. The Balaban J connectivity index is 2.33. The molecule has 0 aromatic carbocycles. The SMILES string of the molecule is COC(=O)C1CC(C#N)=C2C=CC=NN21. The van der Waals surface area contributed by atoms with Gasteiger partial charge in [0, 0.05) is 12.6 Å². The fourth-order valence-electron chi connectivity index (χ4n) is 1.68. The standard InChI is InChI=1S/C10H9N3O2/c1-15-10(14)9-5-7(6-11)8-3-2-4-12-13(8)9/h2-4,9H,5H2,1H3. The Bertz CT molecular complexity index is 428. The first-order valence-electron chi connectivity index (χ1n) is 4.49. The van der Waals surface area contributed by atoms with Crippen molar-refractivity contribution in [1.29, 1.82) is 5.26 Å². The summed E-state index contributed by atoms with van der Waals surface area (Å²) in [6, 6.07) is 1.58. The van der Waals surface area contributed by atoms with Gasteiger partial charge in [0.2, 0.25) is 0 Å². The summed E-state index contributed by atoms with van der Waals surface area (Å²) in [4.78, 5) is 11.4. The average Bonchev–Trinajstić information content (AvgIpc) is 2.67. The maximum atomic E-state index is 11.4. The van der Waals surface area contributed by atoms with Gasteiger partial charge in [0.15, 0.2) is 6.04 Å².